The summed E-state index contributed by atoms with van der Waals surface area (Å²) in [5.74, 6) is -0.217. The molecule has 1 aromatic rings. The Labute approximate surface area is 132 Å². The van der Waals surface area contributed by atoms with Gasteiger partial charge in [0.1, 0.15) is 0 Å². The van der Waals surface area contributed by atoms with Gasteiger partial charge in [0.15, 0.2) is 0 Å². The Morgan fingerprint density at radius 2 is 2.00 bits per heavy atom. The number of carbonyl (C=O) groups excluding carboxylic acids is 1. The molecule has 1 rings (SSSR count). The summed E-state index contributed by atoms with van der Waals surface area (Å²) < 4.78 is 0. The van der Waals surface area contributed by atoms with Crippen LogP contribution in [0.5, 0.6) is 0 Å². The summed E-state index contributed by atoms with van der Waals surface area (Å²) in [5, 5.41) is 0.736. The van der Waals surface area contributed by atoms with Crippen LogP contribution in [0.4, 0.5) is 5.69 Å². The van der Waals surface area contributed by atoms with Gasteiger partial charge in [0.2, 0.25) is 5.91 Å². The van der Waals surface area contributed by atoms with Crippen LogP contribution < -0.4 is 11.5 Å². The molecule has 0 unspecified atom stereocenters. The average molecular weight is 312 g/mol. The number of unbranched alkanes of at least 4 members (excludes halogenated alkanes) is 1. The molecule has 5 heteroatoms. The first kappa shape index (κ1) is 17.8. The van der Waals surface area contributed by atoms with Gasteiger partial charge in [-0.25, -0.2) is 0 Å². The number of nitrogens with zero attached hydrogens (tertiary/aromatic N) is 1. The third-order valence-corrected chi connectivity index (χ3v) is 3.81. The molecule has 0 aliphatic carbocycles. The predicted octanol–water partition coefficient (Wildman–Crippen LogP) is 2.83. The molecule has 4 N–H and O–H groups in total. The molecule has 0 saturated carbocycles. The first-order valence-corrected chi connectivity index (χ1v) is 7.95. The fraction of sp³-hybridized carbons (Fsp3) is 0.562. The van der Waals surface area contributed by atoms with Crippen molar-refractivity contribution in [1.29, 1.82) is 0 Å². The van der Waals surface area contributed by atoms with Crippen molar-refractivity contribution in [2.24, 2.45) is 5.73 Å². The number of benzene rings is 1. The molecule has 0 fully saturated rings. The van der Waals surface area contributed by atoms with Gasteiger partial charge in [-0.3, -0.25) is 4.79 Å². The lowest BCUT2D eigenvalue weighted by atomic mass is 10.1. The second-order valence-electron chi connectivity index (χ2n) is 5.37. The number of primary amides is 1. The SMILES string of the molecule is CCCN(CCCCC(N)=O)CCc1ccc(N)cc1Cl. The Balaban J connectivity index is 2.41. The van der Waals surface area contributed by atoms with Gasteiger partial charge in [-0.1, -0.05) is 24.6 Å². The Morgan fingerprint density at radius 1 is 1.24 bits per heavy atom. The molecular weight excluding hydrogens is 286 g/mol. The van der Waals surface area contributed by atoms with Gasteiger partial charge in [-0.05, 0) is 56.5 Å². The first-order chi connectivity index (χ1) is 10.0. The molecule has 0 atom stereocenters. The number of hydrogen-bond donors (Lipinski definition) is 2. The number of rotatable bonds is 10. The highest BCUT2D eigenvalue weighted by atomic mass is 35.5. The van der Waals surface area contributed by atoms with Crippen LogP contribution in [-0.4, -0.2) is 30.4 Å². The highest BCUT2D eigenvalue weighted by molar-refractivity contribution is 6.31. The van der Waals surface area contributed by atoms with Crippen molar-refractivity contribution < 1.29 is 4.79 Å². The molecule has 0 heterocycles. The maximum atomic E-state index is 10.7. The van der Waals surface area contributed by atoms with Crippen molar-refractivity contribution in [2.75, 3.05) is 25.4 Å². The third-order valence-electron chi connectivity index (χ3n) is 3.46. The first-order valence-electron chi connectivity index (χ1n) is 7.57. The van der Waals surface area contributed by atoms with E-state index in [1.807, 2.05) is 12.1 Å². The number of anilines is 1. The fourth-order valence-corrected chi connectivity index (χ4v) is 2.61. The van der Waals surface area contributed by atoms with Gasteiger partial charge in [0, 0.05) is 23.7 Å². The van der Waals surface area contributed by atoms with Crippen molar-refractivity contribution in [3.05, 3.63) is 28.8 Å². The van der Waals surface area contributed by atoms with E-state index < -0.39 is 0 Å². The summed E-state index contributed by atoms with van der Waals surface area (Å²) in [4.78, 5) is 13.1. The number of carbonyl (C=O) groups is 1. The molecule has 1 aromatic carbocycles. The fourth-order valence-electron chi connectivity index (χ4n) is 2.33. The van der Waals surface area contributed by atoms with Gasteiger partial charge in [0.05, 0.1) is 0 Å². The van der Waals surface area contributed by atoms with Crippen LogP contribution in [0.25, 0.3) is 0 Å². The molecular formula is C16H26ClN3O. The Hall–Kier alpha value is -1.26. The van der Waals surface area contributed by atoms with Gasteiger partial charge >= 0.3 is 0 Å². The van der Waals surface area contributed by atoms with E-state index >= 15 is 0 Å². The largest absolute Gasteiger partial charge is 0.399 e. The summed E-state index contributed by atoms with van der Waals surface area (Å²) in [7, 11) is 0. The van der Waals surface area contributed by atoms with Crippen LogP contribution in [0, 0.1) is 0 Å². The quantitative estimate of drug-likeness (QED) is 0.515. The zero-order valence-electron chi connectivity index (χ0n) is 12.8. The van der Waals surface area contributed by atoms with Crippen LogP contribution >= 0.6 is 11.6 Å². The smallest absolute Gasteiger partial charge is 0.217 e. The molecule has 4 nitrogen and oxygen atoms in total. The summed E-state index contributed by atoms with van der Waals surface area (Å²) >= 11 is 6.20. The standard InChI is InChI=1S/C16H26ClN3O/c1-2-9-20(10-4-3-5-16(19)21)11-8-13-6-7-14(18)12-15(13)17/h6-7,12H,2-5,8-11,18H2,1H3,(H2,19,21). The second kappa shape index (κ2) is 9.64. The van der Waals surface area contributed by atoms with Crippen molar-refractivity contribution in [3.63, 3.8) is 0 Å². The highest BCUT2D eigenvalue weighted by Crippen LogP contribution is 2.20. The van der Waals surface area contributed by atoms with Gasteiger partial charge in [-0.2, -0.15) is 0 Å². The van der Waals surface area contributed by atoms with Crippen LogP contribution in [0.3, 0.4) is 0 Å². The van der Waals surface area contributed by atoms with E-state index in [0.717, 1.165) is 55.9 Å². The Bertz CT molecular complexity index is 451. The van der Waals surface area contributed by atoms with Crippen LogP contribution in [0.1, 0.15) is 38.2 Å². The van der Waals surface area contributed by atoms with Crippen LogP contribution in [-0.2, 0) is 11.2 Å². The Kier molecular flexibility index (Phi) is 8.16. The van der Waals surface area contributed by atoms with Crippen molar-refractivity contribution in [3.8, 4) is 0 Å². The zero-order valence-corrected chi connectivity index (χ0v) is 13.5. The molecule has 0 saturated heterocycles. The molecule has 21 heavy (non-hydrogen) atoms. The molecule has 1 amide bonds. The molecule has 0 bridgehead atoms. The molecule has 0 aliphatic rings. The van der Waals surface area contributed by atoms with Crippen molar-refractivity contribution in [2.45, 2.75) is 39.0 Å². The average Bonchev–Trinajstić information content (AvgIpc) is 2.42. The lowest BCUT2D eigenvalue weighted by Gasteiger charge is -2.21. The molecule has 0 spiro atoms. The number of hydrogen-bond acceptors (Lipinski definition) is 3. The summed E-state index contributed by atoms with van der Waals surface area (Å²) in [5.41, 5.74) is 12.7. The summed E-state index contributed by atoms with van der Waals surface area (Å²) in [6, 6.07) is 5.68. The van der Waals surface area contributed by atoms with E-state index in [-0.39, 0.29) is 5.91 Å². The summed E-state index contributed by atoms with van der Waals surface area (Å²) in [6.45, 7) is 5.19. The minimum Gasteiger partial charge on any atom is -0.399 e. The van der Waals surface area contributed by atoms with E-state index in [4.69, 9.17) is 23.1 Å². The number of nitrogens with two attached hydrogens (primary N) is 2. The molecule has 0 aliphatic heterocycles. The normalized spacial score (nSPS) is 11.0. The molecule has 118 valence electrons. The van der Waals surface area contributed by atoms with Gasteiger partial charge < -0.3 is 16.4 Å². The molecule has 0 radical (unpaired) electrons. The van der Waals surface area contributed by atoms with E-state index in [2.05, 4.69) is 11.8 Å². The molecule has 0 aromatic heterocycles. The van der Waals surface area contributed by atoms with E-state index in [0.29, 0.717) is 12.1 Å². The van der Waals surface area contributed by atoms with Gasteiger partial charge in [-0.15, -0.1) is 0 Å². The number of amides is 1. The minimum absolute atomic E-state index is 0.217. The van der Waals surface area contributed by atoms with E-state index in [1.54, 1.807) is 6.07 Å². The van der Waals surface area contributed by atoms with Crippen molar-refractivity contribution >= 4 is 23.2 Å². The second-order valence-corrected chi connectivity index (χ2v) is 5.77. The Morgan fingerprint density at radius 3 is 2.62 bits per heavy atom. The lowest BCUT2D eigenvalue weighted by molar-refractivity contribution is -0.118. The van der Waals surface area contributed by atoms with Crippen LogP contribution in [0.15, 0.2) is 18.2 Å². The van der Waals surface area contributed by atoms with Crippen molar-refractivity contribution in [1.82, 2.24) is 4.90 Å². The van der Waals surface area contributed by atoms with Gasteiger partial charge in [0.25, 0.3) is 0 Å². The monoisotopic (exact) mass is 311 g/mol. The predicted molar refractivity (Wildman–Crippen MR) is 89.3 cm³/mol. The minimum atomic E-state index is -0.217. The topological polar surface area (TPSA) is 72.3 Å². The number of halogens is 1. The maximum absolute atomic E-state index is 10.7. The highest BCUT2D eigenvalue weighted by Gasteiger charge is 2.07. The maximum Gasteiger partial charge on any atom is 0.217 e. The van der Waals surface area contributed by atoms with E-state index in [1.165, 1.54) is 0 Å². The van der Waals surface area contributed by atoms with E-state index in [9.17, 15) is 4.79 Å². The zero-order chi connectivity index (χ0) is 15.7. The lowest BCUT2D eigenvalue weighted by Crippen LogP contribution is -2.28. The van der Waals surface area contributed by atoms with Crippen LogP contribution in [0.2, 0.25) is 5.02 Å². The number of nitrogen functional groups attached to an aromatic ring is 1. The summed E-state index contributed by atoms with van der Waals surface area (Å²) in [6.07, 6.45) is 4.36. The third kappa shape index (κ3) is 7.34.